The second-order valence-electron chi connectivity index (χ2n) is 2.99. The van der Waals surface area contributed by atoms with Gasteiger partial charge in [-0.25, -0.2) is 0 Å². The van der Waals surface area contributed by atoms with E-state index >= 15 is 0 Å². The lowest BCUT2D eigenvalue weighted by molar-refractivity contribution is 0.102. The minimum absolute atomic E-state index is 0.0484. The molecule has 1 aliphatic heterocycles. The van der Waals surface area contributed by atoms with Gasteiger partial charge < -0.3 is 14.9 Å². The highest BCUT2D eigenvalue weighted by atomic mass is 16.5. The summed E-state index contributed by atoms with van der Waals surface area (Å²) in [5.74, 6) is 0.0969. The number of rotatable bonds is 1. The van der Waals surface area contributed by atoms with Crippen LogP contribution in [-0.4, -0.2) is 23.4 Å². The van der Waals surface area contributed by atoms with Gasteiger partial charge >= 0.3 is 0 Å². The van der Waals surface area contributed by atoms with E-state index in [0.29, 0.717) is 6.61 Å². The van der Waals surface area contributed by atoms with Gasteiger partial charge in [0.1, 0.15) is 17.7 Å². The Kier molecular flexibility index (Phi) is 2.08. The maximum absolute atomic E-state index is 9.21. The highest BCUT2D eigenvalue weighted by Crippen LogP contribution is 2.26. The topological polar surface area (TPSA) is 61.7 Å². The second kappa shape index (κ2) is 3.24. The van der Waals surface area contributed by atoms with E-state index in [1.165, 1.54) is 6.07 Å². The Morgan fingerprint density at radius 3 is 2.46 bits per heavy atom. The molecule has 0 aliphatic carbocycles. The average molecular weight is 181 g/mol. The molecule has 3 N–H and O–H groups in total. The van der Waals surface area contributed by atoms with Crippen molar-refractivity contribution in [2.45, 2.75) is 6.23 Å². The number of hydrogen-bond acceptors (Lipinski definition) is 4. The van der Waals surface area contributed by atoms with Crippen LogP contribution in [0.25, 0.3) is 0 Å². The van der Waals surface area contributed by atoms with Crippen LogP contribution in [-0.2, 0) is 4.74 Å². The van der Waals surface area contributed by atoms with Gasteiger partial charge in [0, 0.05) is 18.2 Å². The van der Waals surface area contributed by atoms with Crippen molar-refractivity contribution in [3.8, 4) is 11.5 Å². The predicted octanol–water partition coefficient (Wildman–Crippen LogP) is 0.716. The predicted molar refractivity (Wildman–Crippen MR) is 46.5 cm³/mol. The third-order valence-corrected chi connectivity index (χ3v) is 1.94. The molecule has 0 spiro atoms. The van der Waals surface area contributed by atoms with Crippen molar-refractivity contribution < 1.29 is 14.9 Å². The zero-order valence-electron chi connectivity index (χ0n) is 7.03. The molecule has 0 amide bonds. The van der Waals surface area contributed by atoms with Crippen molar-refractivity contribution in [3.05, 3.63) is 23.8 Å². The van der Waals surface area contributed by atoms with Gasteiger partial charge in [-0.1, -0.05) is 0 Å². The fourth-order valence-electron chi connectivity index (χ4n) is 1.41. The first-order valence-corrected chi connectivity index (χ1v) is 4.13. The Balaban J connectivity index is 2.28. The molecule has 1 aromatic carbocycles. The molecule has 4 nitrogen and oxygen atoms in total. The summed E-state index contributed by atoms with van der Waals surface area (Å²) in [5, 5.41) is 21.5. The van der Waals surface area contributed by atoms with Crippen LogP contribution in [0.2, 0.25) is 0 Å². The minimum Gasteiger partial charge on any atom is -0.508 e. The highest BCUT2D eigenvalue weighted by Gasteiger charge is 2.17. The molecule has 13 heavy (non-hydrogen) atoms. The number of hydrogen-bond donors (Lipinski definition) is 3. The van der Waals surface area contributed by atoms with E-state index in [9.17, 15) is 10.2 Å². The summed E-state index contributed by atoms with van der Waals surface area (Å²) in [6, 6.07) is 4.43. The Morgan fingerprint density at radius 1 is 1.23 bits per heavy atom. The summed E-state index contributed by atoms with van der Waals surface area (Å²) in [6.45, 7) is 1.45. The normalized spacial score (nSPS) is 22.0. The number of ether oxygens (including phenoxy) is 1. The van der Waals surface area contributed by atoms with Crippen LogP contribution < -0.4 is 5.32 Å². The number of nitrogens with one attached hydrogen (secondary N) is 1. The quantitative estimate of drug-likeness (QED) is 0.597. The van der Waals surface area contributed by atoms with Gasteiger partial charge in [-0.05, 0) is 12.1 Å². The molecular formula is C9H11NO3. The van der Waals surface area contributed by atoms with E-state index in [0.717, 1.165) is 12.1 Å². The Hall–Kier alpha value is -1.26. The molecule has 1 heterocycles. The third kappa shape index (κ3) is 1.74. The maximum Gasteiger partial charge on any atom is 0.134 e. The number of benzene rings is 1. The maximum atomic E-state index is 9.21. The van der Waals surface area contributed by atoms with Crippen molar-refractivity contribution >= 4 is 0 Å². The van der Waals surface area contributed by atoms with E-state index in [1.54, 1.807) is 12.1 Å². The summed E-state index contributed by atoms with van der Waals surface area (Å²) < 4.78 is 5.32. The average Bonchev–Trinajstić information content (AvgIpc) is 2.53. The molecule has 4 heteroatoms. The number of phenols is 2. The van der Waals surface area contributed by atoms with Gasteiger partial charge in [0.2, 0.25) is 0 Å². The first kappa shape index (κ1) is 8.34. The Morgan fingerprint density at radius 2 is 1.92 bits per heavy atom. The monoisotopic (exact) mass is 181 g/mol. The lowest BCUT2D eigenvalue weighted by Crippen LogP contribution is -2.13. The Labute approximate surface area is 75.8 Å². The summed E-state index contributed by atoms with van der Waals surface area (Å²) >= 11 is 0. The first-order chi connectivity index (χ1) is 6.25. The van der Waals surface area contributed by atoms with Gasteiger partial charge in [-0.2, -0.15) is 0 Å². The third-order valence-electron chi connectivity index (χ3n) is 1.94. The molecule has 1 atom stereocenters. The lowest BCUT2D eigenvalue weighted by Gasteiger charge is -2.10. The van der Waals surface area contributed by atoms with Gasteiger partial charge in [0.25, 0.3) is 0 Å². The van der Waals surface area contributed by atoms with Crippen LogP contribution in [0.15, 0.2) is 18.2 Å². The second-order valence-corrected chi connectivity index (χ2v) is 2.99. The minimum atomic E-state index is -0.210. The highest BCUT2D eigenvalue weighted by molar-refractivity contribution is 5.37. The van der Waals surface area contributed by atoms with Crippen LogP contribution in [0.4, 0.5) is 0 Å². The standard InChI is InChI=1S/C9H11NO3/c11-7-3-6(4-8(12)5-7)9-10-1-2-13-9/h3-5,9-12H,1-2H2. The number of phenolic OH excluding ortho intramolecular Hbond substituents is 2. The first-order valence-electron chi connectivity index (χ1n) is 4.13. The molecule has 1 aliphatic rings. The molecule has 0 saturated carbocycles. The van der Waals surface area contributed by atoms with Crippen LogP contribution in [0, 0.1) is 0 Å². The molecule has 0 radical (unpaired) electrons. The molecule has 1 aromatic rings. The van der Waals surface area contributed by atoms with Gasteiger partial charge in [0.15, 0.2) is 0 Å². The fourth-order valence-corrected chi connectivity index (χ4v) is 1.41. The molecule has 1 fully saturated rings. The van der Waals surface area contributed by atoms with E-state index in [-0.39, 0.29) is 17.7 Å². The smallest absolute Gasteiger partial charge is 0.134 e. The van der Waals surface area contributed by atoms with Crippen molar-refractivity contribution in [1.29, 1.82) is 0 Å². The van der Waals surface area contributed by atoms with E-state index < -0.39 is 0 Å². The van der Waals surface area contributed by atoms with Gasteiger partial charge in [-0.3, -0.25) is 5.32 Å². The van der Waals surface area contributed by atoms with E-state index in [4.69, 9.17) is 4.74 Å². The SMILES string of the molecule is Oc1cc(O)cc(C2NCCO2)c1. The Bertz CT molecular complexity index is 287. The molecule has 0 aromatic heterocycles. The molecule has 1 saturated heterocycles. The van der Waals surface area contributed by atoms with Crippen LogP contribution in [0.1, 0.15) is 11.8 Å². The van der Waals surface area contributed by atoms with Gasteiger partial charge in [0.05, 0.1) is 6.61 Å². The van der Waals surface area contributed by atoms with E-state index in [2.05, 4.69) is 5.32 Å². The van der Waals surface area contributed by atoms with Crippen molar-refractivity contribution in [2.75, 3.05) is 13.2 Å². The zero-order valence-corrected chi connectivity index (χ0v) is 7.03. The van der Waals surface area contributed by atoms with Crippen LogP contribution in [0.5, 0.6) is 11.5 Å². The van der Waals surface area contributed by atoms with Gasteiger partial charge in [-0.15, -0.1) is 0 Å². The lowest BCUT2D eigenvalue weighted by atomic mass is 10.2. The van der Waals surface area contributed by atoms with Crippen LogP contribution >= 0.6 is 0 Å². The molecular weight excluding hydrogens is 170 g/mol. The molecule has 1 unspecified atom stereocenters. The zero-order chi connectivity index (χ0) is 9.26. The van der Waals surface area contributed by atoms with Crippen molar-refractivity contribution in [3.63, 3.8) is 0 Å². The van der Waals surface area contributed by atoms with Crippen molar-refractivity contribution in [2.24, 2.45) is 0 Å². The summed E-state index contributed by atoms with van der Waals surface area (Å²) in [5.41, 5.74) is 0.745. The summed E-state index contributed by atoms with van der Waals surface area (Å²) in [6.07, 6.45) is -0.210. The van der Waals surface area contributed by atoms with Crippen LogP contribution in [0.3, 0.4) is 0 Å². The summed E-state index contributed by atoms with van der Waals surface area (Å²) in [4.78, 5) is 0. The molecule has 70 valence electrons. The number of aromatic hydroxyl groups is 2. The van der Waals surface area contributed by atoms with Crippen molar-refractivity contribution in [1.82, 2.24) is 5.32 Å². The fraction of sp³-hybridized carbons (Fsp3) is 0.333. The van der Waals surface area contributed by atoms with E-state index in [1.807, 2.05) is 0 Å². The largest absolute Gasteiger partial charge is 0.508 e. The molecule has 0 bridgehead atoms. The molecule has 2 rings (SSSR count). The summed E-state index contributed by atoms with van der Waals surface area (Å²) in [7, 11) is 0.